The van der Waals surface area contributed by atoms with Crippen molar-refractivity contribution < 1.29 is 4.79 Å². The van der Waals surface area contributed by atoms with E-state index in [-0.39, 0.29) is 11.3 Å². The average Bonchev–Trinajstić information content (AvgIpc) is 2.47. The monoisotopic (exact) mass is 284 g/mol. The lowest BCUT2D eigenvalue weighted by Gasteiger charge is -2.07. The number of hydrogen-bond donors (Lipinski definition) is 1. The van der Waals surface area contributed by atoms with Crippen LogP contribution < -0.4 is 5.56 Å². The molecule has 0 unspecified atom stereocenters. The van der Waals surface area contributed by atoms with Crippen molar-refractivity contribution in [3.63, 3.8) is 0 Å². The van der Waals surface area contributed by atoms with Crippen LogP contribution in [0.1, 0.15) is 27.0 Å². The van der Waals surface area contributed by atoms with Crippen molar-refractivity contribution in [3.05, 3.63) is 62.9 Å². The lowest BCUT2D eigenvalue weighted by atomic mass is 10.0. The molecule has 0 atom stereocenters. The van der Waals surface area contributed by atoms with Gasteiger partial charge in [0.15, 0.2) is 5.78 Å². The molecule has 4 nitrogen and oxygen atoms in total. The van der Waals surface area contributed by atoms with Gasteiger partial charge in [0.1, 0.15) is 11.6 Å². The van der Waals surface area contributed by atoms with E-state index in [0.717, 1.165) is 5.56 Å². The van der Waals surface area contributed by atoms with Crippen LogP contribution in [-0.4, -0.2) is 17.0 Å². The smallest absolute Gasteiger partial charge is 0.266 e. The van der Waals surface area contributed by atoms with Crippen LogP contribution in [0, 0.1) is 18.3 Å². The minimum Gasteiger partial charge on any atom is -0.315 e. The highest BCUT2D eigenvalue weighted by Crippen LogP contribution is 2.20. The van der Waals surface area contributed by atoms with Crippen molar-refractivity contribution in [2.24, 2.45) is 0 Å². The summed E-state index contributed by atoms with van der Waals surface area (Å²) in [4.78, 5) is 26.6. The van der Waals surface area contributed by atoms with E-state index < -0.39 is 5.56 Å². The number of hydrogen-bond acceptors (Lipinski definition) is 4. The molecule has 5 heteroatoms. The van der Waals surface area contributed by atoms with Crippen molar-refractivity contribution in [1.82, 2.24) is 4.98 Å². The molecule has 20 heavy (non-hydrogen) atoms. The fourth-order valence-corrected chi connectivity index (χ4v) is 2.35. The summed E-state index contributed by atoms with van der Waals surface area (Å²) in [5.74, 6) is -0.206. The number of nitrogens with zero attached hydrogens (tertiary/aromatic N) is 1. The SMILES string of the molecule is CSc1[nH]c(=O)c(C#N)cc1C(=O)c1ccc(C)cc1. The summed E-state index contributed by atoms with van der Waals surface area (Å²) in [6.07, 6.45) is 1.77. The number of aryl methyl sites for hydroxylation is 1. The number of nitriles is 1. The molecule has 0 aliphatic carbocycles. The molecule has 0 radical (unpaired) electrons. The Morgan fingerprint density at radius 3 is 2.50 bits per heavy atom. The molecule has 2 aromatic rings. The Hall–Kier alpha value is -2.32. The maximum Gasteiger partial charge on any atom is 0.266 e. The molecule has 2 rings (SSSR count). The number of benzene rings is 1. The molecule has 1 heterocycles. The third-order valence-electron chi connectivity index (χ3n) is 2.89. The molecular weight excluding hydrogens is 272 g/mol. The zero-order valence-electron chi connectivity index (χ0n) is 11.1. The normalized spacial score (nSPS) is 10.1. The number of pyridine rings is 1. The van der Waals surface area contributed by atoms with E-state index >= 15 is 0 Å². The van der Waals surface area contributed by atoms with Gasteiger partial charge in [0.05, 0.1) is 10.6 Å². The van der Waals surface area contributed by atoms with Crippen LogP contribution in [0.15, 0.2) is 40.2 Å². The van der Waals surface area contributed by atoms with E-state index in [2.05, 4.69) is 4.98 Å². The van der Waals surface area contributed by atoms with Gasteiger partial charge in [-0.3, -0.25) is 9.59 Å². The topological polar surface area (TPSA) is 73.7 Å². The van der Waals surface area contributed by atoms with Gasteiger partial charge < -0.3 is 4.98 Å². The fraction of sp³-hybridized carbons (Fsp3) is 0.133. The number of carbonyl (C=O) groups excluding carboxylic acids is 1. The minimum atomic E-state index is -0.475. The number of H-pyrrole nitrogens is 1. The first-order valence-corrected chi connectivity index (χ1v) is 7.12. The first-order valence-electron chi connectivity index (χ1n) is 5.89. The molecule has 1 N–H and O–H groups in total. The van der Waals surface area contributed by atoms with Gasteiger partial charge in [0.2, 0.25) is 0 Å². The number of thioether (sulfide) groups is 1. The molecule has 1 aromatic carbocycles. The summed E-state index contributed by atoms with van der Waals surface area (Å²) in [6.45, 7) is 1.94. The Morgan fingerprint density at radius 1 is 1.30 bits per heavy atom. The van der Waals surface area contributed by atoms with Crippen LogP contribution in [0.3, 0.4) is 0 Å². The molecule has 0 bridgehead atoms. The van der Waals surface area contributed by atoms with E-state index in [4.69, 9.17) is 5.26 Å². The first kappa shape index (κ1) is 14.1. The Bertz CT molecular complexity index is 755. The molecule has 0 aliphatic heterocycles. The second-order valence-corrected chi connectivity index (χ2v) is 5.08. The van der Waals surface area contributed by atoms with Crippen molar-refractivity contribution in [1.29, 1.82) is 5.26 Å². The second kappa shape index (κ2) is 5.76. The number of carbonyl (C=O) groups is 1. The van der Waals surface area contributed by atoms with Crippen molar-refractivity contribution >= 4 is 17.5 Å². The maximum atomic E-state index is 12.5. The third kappa shape index (κ3) is 2.65. The van der Waals surface area contributed by atoms with E-state index in [0.29, 0.717) is 16.2 Å². The second-order valence-electron chi connectivity index (χ2n) is 4.27. The lowest BCUT2D eigenvalue weighted by molar-refractivity contribution is 0.103. The van der Waals surface area contributed by atoms with Crippen LogP contribution in [-0.2, 0) is 0 Å². The number of ketones is 1. The summed E-state index contributed by atoms with van der Waals surface area (Å²) < 4.78 is 0. The van der Waals surface area contributed by atoms with Crippen LogP contribution in [0.4, 0.5) is 0 Å². The number of rotatable bonds is 3. The number of nitrogens with one attached hydrogen (secondary N) is 1. The zero-order chi connectivity index (χ0) is 14.7. The maximum absolute atomic E-state index is 12.5. The predicted octanol–water partition coefficient (Wildman–Crippen LogP) is 2.51. The van der Waals surface area contributed by atoms with E-state index in [1.165, 1.54) is 17.8 Å². The zero-order valence-corrected chi connectivity index (χ0v) is 11.9. The Kier molecular flexibility index (Phi) is 4.06. The minimum absolute atomic E-state index is 0.0572. The third-order valence-corrected chi connectivity index (χ3v) is 3.62. The molecular formula is C15H12N2O2S. The van der Waals surface area contributed by atoms with Gasteiger partial charge in [-0.05, 0) is 19.2 Å². The number of aromatic nitrogens is 1. The molecule has 0 saturated heterocycles. The van der Waals surface area contributed by atoms with Gasteiger partial charge in [-0.15, -0.1) is 11.8 Å². The van der Waals surface area contributed by atoms with Gasteiger partial charge >= 0.3 is 0 Å². The van der Waals surface area contributed by atoms with Crippen LogP contribution in [0.25, 0.3) is 0 Å². The molecule has 0 aliphatic rings. The highest BCUT2D eigenvalue weighted by molar-refractivity contribution is 7.98. The van der Waals surface area contributed by atoms with E-state index in [1.54, 1.807) is 24.5 Å². The standard InChI is InChI=1S/C15H12N2O2S/c1-9-3-5-10(6-4-9)13(18)12-7-11(8-16)14(19)17-15(12)20-2/h3-7H,1-2H3,(H,17,19). The first-order chi connectivity index (χ1) is 9.56. The molecule has 100 valence electrons. The Morgan fingerprint density at radius 2 is 1.95 bits per heavy atom. The van der Waals surface area contributed by atoms with Crippen LogP contribution in [0.5, 0.6) is 0 Å². The average molecular weight is 284 g/mol. The largest absolute Gasteiger partial charge is 0.315 e. The number of aromatic amines is 1. The summed E-state index contributed by atoms with van der Waals surface area (Å²) in [6, 6.07) is 10.3. The Labute approximate surface area is 120 Å². The molecule has 0 fully saturated rings. The Balaban J connectivity index is 2.56. The van der Waals surface area contributed by atoms with Gasteiger partial charge in [-0.1, -0.05) is 29.8 Å². The van der Waals surface area contributed by atoms with Gasteiger partial charge in [0, 0.05) is 5.56 Å². The van der Waals surface area contributed by atoms with Crippen molar-refractivity contribution in [3.8, 4) is 6.07 Å². The van der Waals surface area contributed by atoms with Gasteiger partial charge in [-0.2, -0.15) is 5.26 Å². The van der Waals surface area contributed by atoms with Crippen molar-refractivity contribution in [2.45, 2.75) is 11.9 Å². The predicted molar refractivity (Wildman–Crippen MR) is 78.2 cm³/mol. The highest BCUT2D eigenvalue weighted by Gasteiger charge is 2.16. The fourth-order valence-electron chi connectivity index (χ4n) is 1.79. The molecule has 0 saturated carbocycles. The lowest BCUT2D eigenvalue weighted by Crippen LogP contribution is -2.15. The van der Waals surface area contributed by atoms with Crippen LogP contribution >= 0.6 is 11.8 Å². The summed E-state index contributed by atoms with van der Waals surface area (Å²) in [7, 11) is 0. The molecule has 0 amide bonds. The quantitative estimate of drug-likeness (QED) is 0.694. The highest BCUT2D eigenvalue weighted by atomic mass is 32.2. The summed E-state index contributed by atoms with van der Waals surface area (Å²) in [5, 5.41) is 9.38. The van der Waals surface area contributed by atoms with Gasteiger partial charge in [0.25, 0.3) is 5.56 Å². The van der Waals surface area contributed by atoms with E-state index in [1.807, 2.05) is 19.1 Å². The van der Waals surface area contributed by atoms with E-state index in [9.17, 15) is 9.59 Å². The van der Waals surface area contributed by atoms with Gasteiger partial charge in [-0.25, -0.2) is 0 Å². The summed E-state index contributed by atoms with van der Waals surface area (Å²) in [5.41, 5.74) is 1.40. The molecule has 1 aromatic heterocycles. The summed E-state index contributed by atoms with van der Waals surface area (Å²) >= 11 is 1.27. The van der Waals surface area contributed by atoms with Crippen molar-refractivity contribution in [2.75, 3.05) is 6.26 Å². The molecule has 0 spiro atoms. The van der Waals surface area contributed by atoms with Crippen LogP contribution in [0.2, 0.25) is 0 Å².